The summed E-state index contributed by atoms with van der Waals surface area (Å²) < 4.78 is 11.5. The molecule has 1 atom stereocenters. The topological polar surface area (TPSA) is 100 Å². The van der Waals surface area contributed by atoms with Crippen LogP contribution in [0.5, 0.6) is 0 Å². The highest BCUT2D eigenvalue weighted by Crippen LogP contribution is 2.31. The van der Waals surface area contributed by atoms with Crippen LogP contribution in [0.3, 0.4) is 0 Å². The maximum absolute atomic E-state index is 12.8. The van der Waals surface area contributed by atoms with Gasteiger partial charge in [0, 0.05) is 42.1 Å². The zero-order valence-corrected chi connectivity index (χ0v) is 19.9. The lowest BCUT2D eigenvalue weighted by atomic mass is 10.0. The molecule has 2 aromatic carbocycles. The Morgan fingerprint density at radius 1 is 1.12 bits per heavy atom. The van der Waals surface area contributed by atoms with Gasteiger partial charge >= 0.3 is 6.09 Å². The summed E-state index contributed by atoms with van der Waals surface area (Å²) in [6, 6.07) is 12.3. The van der Waals surface area contributed by atoms with Crippen LogP contribution in [0.15, 0.2) is 42.5 Å². The van der Waals surface area contributed by atoms with E-state index in [2.05, 4.69) is 10.6 Å². The van der Waals surface area contributed by atoms with E-state index in [-0.39, 0.29) is 25.0 Å². The first-order valence-electron chi connectivity index (χ1n) is 11.0. The van der Waals surface area contributed by atoms with Gasteiger partial charge in [0.1, 0.15) is 0 Å². The molecule has 0 aromatic heterocycles. The van der Waals surface area contributed by atoms with E-state index in [0.717, 1.165) is 5.56 Å². The third-order valence-electron chi connectivity index (χ3n) is 5.74. The number of carbonyl (C=O) groups is 3. The Hall–Kier alpha value is -3.14. The molecule has 1 spiro atoms. The minimum absolute atomic E-state index is 0.104. The summed E-state index contributed by atoms with van der Waals surface area (Å²) in [6.45, 7) is 5.29. The number of ether oxygens (including phenoxy) is 2. The Morgan fingerprint density at radius 3 is 2.62 bits per heavy atom. The molecular formula is C24H27ClN4O5. The van der Waals surface area contributed by atoms with Gasteiger partial charge in [-0.15, -0.1) is 0 Å². The molecule has 2 fully saturated rings. The van der Waals surface area contributed by atoms with Gasteiger partial charge in [0.2, 0.25) is 11.8 Å². The Balaban J connectivity index is 1.41. The van der Waals surface area contributed by atoms with Crippen LogP contribution in [-0.4, -0.2) is 67.8 Å². The molecule has 0 unspecified atom stereocenters. The molecule has 2 saturated heterocycles. The van der Waals surface area contributed by atoms with Gasteiger partial charge in [-0.05, 0) is 48.9 Å². The van der Waals surface area contributed by atoms with E-state index in [1.807, 2.05) is 17.9 Å². The van der Waals surface area contributed by atoms with Gasteiger partial charge in [-0.25, -0.2) is 4.79 Å². The van der Waals surface area contributed by atoms with Crippen LogP contribution in [0.1, 0.15) is 12.5 Å². The molecule has 2 aliphatic rings. The van der Waals surface area contributed by atoms with Crippen LogP contribution in [0.2, 0.25) is 5.02 Å². The van der Waals surface area contributed by atoms with Crippen LogP contribution in [0.4, 0.5) is 21.9 Å². The molecule has 10 heteroatoms. The number of nitrogens with one attached hydrogen (secondary N) is 2. The van der Waals surface area contributed by atoms with E-state index in [1.54, 1.807) is 41.3 Å². The quantitative estimate of drug-likeness (QED) is 0.672. The third kappa shape index (κ3) is 5.67. The summed E-state index contributed by atoms with van der Waals surface area (Å²) >= 11 is 5.96. The predicted octanol–water partition coefficient (Wildman–Crippen LogP) is 3.27. The van der Waals surface area contributed by atoms with Crippen molar-refractivity contribution in [1.29, 1.82) is 0 Å². The van der Waals surface area contributed by atoms with Crippen molar-refractivity contribution >= 4 is 46.6 Å². The van der Waals surface area contributed by atoms with Gasteiger partial charge in [-0.2, -0.15) is 0 Å². The van der Waals surface area contributed by atoms with E-state index in [9.17, 15) is 14.4 Å². The molecule has 2 aliphatic heterocycles. The van der Waals surface area contributed by atoms with Gasteiger partial charge in [-0.3, -0.25) is 19.4 Å². The molecule has 2 aromatic rings. The highest BCUT2D eigenvalue weighted by atomic mass is 35.5. The van der Waals surface area contributed by atoms with Crippen LogP contribution in [0.25, 0.3) is 0 Å². The summed E-state index contributed by atoms with van der Waals surface area (Å²) in [5.41, 5.74) is 1.94. The van der Waals surface area contributed by atoms with Crippen molar-refractivity contribution in [2.45, 2.75) is 19.4 Å². The molecule has 0 aliphatic carbocycles. The minimum Gasteiger partial charge on any atom is -0.437 e. The molecule has 2 N–H and O–H groups in total. The van der Waals surface area contributed by atoms with Crippen molar-refractivity contribution in [3.05, 3.63) is 53.1 Å². The van der Waals surface area contributed by atoms with E-state index >= 15 is 0 Å². The van der Waals surface area contributed by atoms with Crippen molar-refractivity contribution < 1.29 is 23.9 Å². The number of anilines is 3. The smallest absolute Gasteiger partial charge is 0.415 e. The lowest BCUT2D eigenvalue weighted by molar-refractivity contribution is -0.117. The number of nitrogens with zero attached hydrogens (tertiary/aromatic N) is 2. The van der Waals surface area contributed by atoms with Crippen molar-refractivity contribution in [2.75, 3.05) is 54.9 Å². The molecule has 180 valence electrons. The number of hydrogen-bond donors (Lipinski definition) is 2. The second kappa shape index (κ2) is 10.0. The normalized spacial score (nSPS) is 20.7. The van der Waals surface area contributed by atoms with Gasteiger partial charge in [0.05, 0.1) is 26.3 Å². The van der Waals surface area contributed by atoms with E-state index in [1.165, 1.54) is 6.92 Å². The largest absolute Gasteiger partial charge is 0.437 e. The number of benzene rings is 2. The SMILES string of the molecule is CC(=O)Nc1cc(NC(=O)CN2CCOC[C@@]3(C2)CN(c2ccc(Cl)cc2)C(=O)O3)ccc1C. The van der Waals surface area contributed by atoms with Crippen LogP contribution < -0.4 is 15.5 Å². The summed E-state index contributed by atoms with van der Waals surface area (Å²) in [5.74, 6) is -0.395. The molecule has 34 heavy (non-hydrogen) atoms. The fourth-order valence-electron chi connectivity index (χ4n) is 4.15. The lowest BCUT2D eigenvalue weighted by Crippen LogP contribution is -2.49. The monoisotopic (exact) mass is 486 g/mol. The average molecular weight is 487 g/mol. The van der Waals surface area contributed by atoms with E-state index < -0.39 is 11.7 Å². The van der Waals surface area contributed by atoms with Gasteiger partial charge < -0.3 is 20.1 Å². The van der Waals surface area contributed by atoms with Gasteiger partial charge in [-0.1, -0.05) is 17.7 Å². The Labute approximate surface area is 202 Å². The fourth-order valence-corrected chi connectivity index (χ4v) is 4.27. The summed E-state index contributed by atoms with van der Waals surface area (Å²) in [5, 5.41) is 6.21. The van der Waals surface area contributed by atoms with Crippen molar-refractivity contribution in [3.63, 3.8) is 0 Å². The molecule has 0 radical (unpaired) electrons. The van der Waals surface area contributed by atoms with E-state index in [0.29, 0.717) is 48.3 Å². The zero-order chi connectivity index (χ0) is 24.3. The Morgan fingerprint density at radius 2 is 1.88 bits per heavy atom. The highest BCUT2D eigenvalue weighted by molar-refractivity contribution is 6.30. The Kier molecular flexibility index (Phi) is 7.06. The summed E-state index contributed by atoms with van der Waals surface area (Å²) in [7, 11) is 0. The third-order valence-corrected chi connectivity index (χ3v) is 5.99. The first-order valence-corrected chi connectivity index (χ1v) is 11.4. The first kappa shape index (κ1) is 24.0. The average Bonchev–Trinajstić information content (AvgIpc) is 2.96. The molecule has 2 heterocycles. The van der Waals surface area contributed by atoms with Gasteiger partial charge in [0.25, 0.3) is 0 Å². The minimum atomic E-state index is -0.879. The van der Waals surface area contributed by atoms with Crippen LogP contribution >= 0.6 is 11.6 Å². The molecule has 4 rings (SSSR count). The Bertz CT molecular complexity index is 1090. The highest BCUT2D eigenvalue weighted by Gasteiger charge is 2.48. The lowest BCUT2D eigenvalue weighted by Gasteiger charge is -2.29. The van der Waals surface area contributed by atoms with Crippen molar-refractivity contribution in [3.8, 4) is 0 Å². The molecule has 9 nitrogen and oxygen atoms in total. The van der Waals surface area contributed by atoms with Gasteiger partial charge in [0.15, 0.2) is 5.60 Å². The zero-order valence-electron chi connectivity index (χ0n) is 19.1. The number of aryl methyl sites for hydroxylation is 1. The molecule has 0 bridgehead atoms. The second-order valence-corrected chi connectivity index (χ2v) is 9.07. The molecular weight excluding hydrogens is 460 g/mol. The predicted molar refractivity (Wildman–Crippen MR) is 129 cm³/mol. The number of carbonyl (C=O) groups excluding carboxylic acids is 3. The standard InChI is InChI=1S/C24H27ClN4O5/c1-16-3-6-19(11-21(16)26-17(2)30)27-22(31)12-28-9-10-33-15-24(13-28)14-29(23(32)34-24)20-7-4-18(25)5-8-20/h3-8,11H,9-10,12-15H2,1-2H3,(H,26,30)(H,27,31)/t24-/m1/s1. The van der Waals surface area contributed by atoms with Crippen molar-refractivity contribution in [1.82, 2.24) is 4.90 Å². The van der Waals surface area contributed by atoms with Crippen molar-refractivity contribution in [2.24, 2.45) is 0 Å². The maximum Gasteiger partial charge on any atom is 0.415 e. The number of hydrogen-bond acceptors (Lipinski definition) is 6. The maximum atomic E-state index is 12.8. The molecule has 0 saturated carbocycles. The molecule has 3 amide bonds. The fraction of sp³-hybridized carbons (Fsp3) is 0.375. The van der Waals surface area contributed by atoms with Crippen LogP contribution in [0, 0.1) is 6.92 Å². The van der Waals surface area contributed by atoms with E-state index in [4.69, 9.17) is 21.1 Å². The number of halogens is 1. The second-order valence-electron chi connectivity index (χ2n) is 8.64. The number of amides is 3. The summed E-state index contributed by atoms with van der Waals surface area (Å²) in [4.78, 5) is 40.3. The first-order chi connectivity index (χ1) is 16.2. The van der Waals surface area contributed by atoms with Crippen LogP contribution in [-0.2, 0) is 19.1 Å². The number of rotatable bonds is 5. The summed E-state index contributed by atoms with van der Waals surface area (Å²) in [6.07, 6.45) is -0.456.